The summed E-state index contributed by atoms with van der Waals surface area (Å²) in [6, 6.07) is 12.3. The maximum atomic E-state index is 14.1. The molecule has 12 heteroatoms. The Labute approximate surface area is 255 Å². The van der Waals surface area contributed by atoms with Gasteiger partial charge in [0.05, 0.1) is 35.6 Å². The predicted octanol–water partition coefficient (Wildman–Crippen LogP) is 5.40. The van der Waals surface area contributed by atoms with Crippen molar-refractivity contribution >= 4 is 23.3 Å². The third kappa shape index (κ3) is 5.69. The average Bonchev–Trinajstić information content (AvgIpc) is 3.60. The van der Waals surface area contributed by atoms with Gasteiger partial charge >= 0.3 is 6.18 Å². The van der Waals surface area contributed by atoms with E-state index in [9.17, 15) is 22.8 Å². The number of benzene rings is 2. The first-order chi connectivity index (χ1) is 21.0. The number of halogens is 3. The fourth-order valence-corrected chi connectivity index (χ4v) is 6.21. The molecule has 0 radical (unpaired) electrons. The van der Waals surface area contributed by atoms with Crippen LogP contribution in [0.5, 0.6) is 11.5 Å². The minimum absolute atomic E-state index is 0.220. The van der Waals surface area contributed by atoms with Crippen molar-refractivity contribution in [2.45, 2.75) is 33.0 Å². The lowest BCUT2D eigenvalue weighted by Crippen LogP contribution is -2.43. The molecule has 5 rings (SSSR count). The van der Waals surface area contributed by atoms with Crippen LogP contribution in [-0.2, 0) is 11.0 Å². The number of carbonyl (C=O) groups is 1. The number of alkyl halides is 3. The Morgan fingerprint density at radius 1 is 1.09 bits per heavy atom. The van der Waals surface area contributed by atoms with Gasteiger partial charge in [0.15, 0.2) is 4.80 Å². The number of methoxy groups -OCH3 is 2. The number of carbonyl (C=O) groups excluding carboxylic acids is 1. The molecule has 3 heterocycles. The summed E-state index contributed by atoms with van der Waals surface area (Å²) in [6.07, 6.45) is -2.97. The summed E-state index contributed by atoms with van der Waals surface area (Å²) in [5.41, 5.74) is 0.395. The highest BCUT2D eigenvalue weighted by Gasteiger charge is 2.36. The first-order valence-electron chi connectivity index (χ1n) is 13.8. The predicted molar refractivity (Wildman–Crippen MR) is 160 cm³/mol. The van der Waals surface area contributed by atoms with Crippen LogP contribution in [0.4, 0.5) is 13.2 Å². The van der Waals surface area contributed by atoms with Crippen LogP contribution in [0.25, 0.3) is 17.4 Å². The van der Waals surface area contributed by atoms with Crippen molar-refractivity contribution in [2.75, 3.05) is 27.3 Å². The number of ether oxygens (including phenoxy) is 2. The minimum Gasteiger partial charge on any atom is -0.497 e. The van der Waals surface area contributed by atoms with Crippen LogP contribution in [0, 0.1) is 0 Å². The van der Waals surface area contributed by atoms with Crippen LogP contribution in [-0.4, -0.2) is 42.7 Å². The first kappa shape index (κ1) is 30.9. The van der Waals surface area contributed by atoms with Gasteiger partial charge in [0.2, 0.25) is 0 Å². The summed E-state index contributed by atoms with van der Waals surface area (Å²) in [5.74, 6) is 1.22. The number of aromatic nitrogens is 1. The Hall–Kier alpha value is -4.58. The van der Waals surface area contributed by atoms with Crippen LogP contribution in [0.3, 0.4) is 0 Å². The molecule has 1 atom stereocenters. The molecular formula is C32H30F3N3O5S. The van der Waals surface area contributed by atoms with E-state index in [1.54, 1.807) is 42.2 Å². The molecule has 44 heavy (non-hydrogen) atoms. The lowest BCUT2D eigenvalue weighted by Gasteiger charge is -2.30. The lowest BCUT2D eigenvalue weighted by molar-refractivity contribution is -0.137. The summed E-state index contributed by atoms with van der Waals surface area (Å²) in [7, 11) is 3.04. The number of furan rings is 1. The van der Waals surface area contributed by atoms with Crippen LogP contribution < -0.4 is 24.4 Å². The van der Waals surface area contributed by atoms with Crippen molar-refractivity contribution in [2.24, 2.45) is 4.99 Å². The van der Waals surface area contributed by atoms with Crippen molar-refractivity contribution in [1.82, 2.24) is 9.47 Å². The van der Waals surface area contributed by atoms with Crippen LogP contribution in [0.15, 0.2) is 80.1 Å². The van der Waals surface area contributed by atoms with E-state index >= 15 is 0 Å². The molecule has 1 amide bonds. The van der Waals surface area contributed by atoms with Crippen molar-refractivity contribution in [3.63, 3.8) is 0 Å². The van der Waals surface area contributed by atoms with Crippen LogP contribution in [0.2, 0.25) is 0 Å². The van der Waals surface area contributed by atoms with E-state index in [0.717, 1.165) is 23.5 Å². The SMILES string of the molecule is CCN(CC)C(=O)C1=C(C)N=c2s/c(=C/c3ccc(-c4cccc(C(F)(F)F)c4)o3)c(=O)n2[C@@H]1c1cc(OC)ccc1OC. The monoisotopic (exact) mass is 625 g/mol. The normalized spacial score (nSPS) is 15.2. The highest BCUT2D eigenvalue weighted by atomic mass is 32.1. The van der Waals surface area contributed by atoms with E-state index in [2.05, 4.69) is 4.99 Å². The van der Waals surface area contributed by atoms with Gasteiger partial charge in [0.25, 0.3) is 11.5 Å². The van der Waals surface area contributed by atoms with Crippen LogP contribution in [0.1, 0.15) is 43.7 Å². The molecule has 0 aliphatic carbocycles. The molecule has 0 bridgehead atoms. The molecule has 2 aromatic carbocycles. The number of hydrogen-bond acceptors (Lipinski definition) is 7. The van der Waals surface area contributed by atoms with Gasteiger partial charge in [-0.05, 0) is 63.2 Å². The molecule has 1 aliphatic rings. The number of fused-ring (bicyclic) bond motifs is 1. The molecule has 0 N–H and O–H groups in total. The Morgan fingerprint density at radius 3 is 2.50 bits per heavy atom. The van der Waals surface area contributed by atoms with Gasteiger partial charge in [-0.25, -0.2) is 4.99 Å². The van der Waals surface area contributed by atoms with E-state index in [4.69, 9.17) is 13.9 Å². The number of thiazole rings is 1. The van der Waals surface area contributed by atoms with Gasteiger partial charge in [-0.1, -0.05) is 23.5 Å². The summed E-state index contributed by atoms with van der Waals surface area (Å²) in [6.45, 7) is 6.42. The zero-order chi connectivity index (χ0) is 31.8. The molecule has 2 aromatic heterocycles. The van der Waals surface area contributed by atoms with E-state index in [0.29, 0.717) is 46.2 Å². The molecule has 0 unspecified atom stereocenters. The third-order valence-corrected chi connectivity index (χ3v) is 8.39. The molecule has 230 valence electrons. The maximum Gasteiger partial charge on any atom is 0.416 e. The van der Waals surface area contributed by atoms with E-state index in [1.165, 1.54) is 37.0 Å². The Morgan fingerprint density at radius 2 is 1.84 bits per heavy atom. The first-order valence-corrected chi connectivity index (χ1v) is 14.6. The Balaban J connectivity index is 1.67. The van der Waals surface area contributed by atoms with E-state index in [1.807, 2.05) is 13.8 Å². The highest BCUT2D eigenvalue weighted by molar-refractivity contribution is 7.07. The molecule has 0 saturated carbocycles. The molecular weight excluding hydrogens is 595 g/mol. The summed E-state index contributed by atoms with van der Waals surface area (Å²) >= 11 is 1.12. The van der Waals surface area contributed by atoms with Crippen molar-refractivity contribution in [3.05, 3.63) is 102 Å². The van der Waals surface area contributed by atoms with Gasteiger partial charge in [0, 0.05) is 30.3 Å². The van der Waals surface area contributed by atoms with Crippen molar-refractivity contribution in [3.8, 4) is 22.8 Å². The topological polar surface area (TPSA) is 86.3 Å². The van der Waals surface area contributed by atoms with Gasteiger partial charge in [-0.3, -0.25) is 14.2 Å². The molecule has 0 fully saturated rings. The number of amides is 1. The number of likely N-dealkylation sites (N-methyl/N-ethyl adjacent to an activating group) is 1. The van der Waals surface area contributed by atoms with Crippen molar-refractivity contribution < 1.29 is 31.9 Å². The number of nitrogens with zero attached hydrogens (tertiary/aromatic N) is 3. The molecule has 0 spiro atoms. The Bertz CT molecular complexity index is 1930. The van der Waals surface area contributed by atoms with Crippen LogP contribution >= 0.6 is 11.3 Å². The van der Waals surface area contributed by atoms with Gasteiger partial charge in [0.1, 0.15) is 29.1 Å². The van der Waals surface area contributed by atoms with Gasteiger partial charge < -0.3 is 18.8 Å². The largest absolute Gasteiger partial charge is 0.497 e. The molecule has 1 aliphatic heterocycles. The summed E-state index contributed by atoms with van der Waals surface area (Å²) in [4.78, 5) is 34.7. The van der Waals surface area contributed by atoms with E-state index < -0.39 is 23.3 Å². The van der Waals surface area contributed by atoms with Gasteiger partial charge in [-0.15, -0.1) is 0 Å². The summed E-state index contributed by atoms with van der Waals surface area (Å²) < 4.78 is 58.4. The quantitative estimate of drug-likeness (QED) is 0.262. The maximum absolute atomic E-state index is 14.1. The molecule has 0 saturated heterocycles. The molecule has 4 aromatic rings. The highest BCUT2D eigenvalue weighted by Crippen LogP contribution is 2.38. The molecule has 8 nitrogen and oxygen atoms in total. The fourth-order valence-electron chi connectivity index (χ4n) is 5.19. The Kier molecular flexibility index (Phi) is 8.55. The number of hydrogen-bond donors (Lipinski definition) is 0. The second-order valence-corrected chi connectivity index (χ2v) is 11.0. The standard InChI is InChI=1S/C32H30F3N3O5S/c1-6-37(7-2)30(40)27-18(3)36-31-38(28(27)23-16-21(41-4)11-14-25(23)42-5)29(39)26(44-31)17-22-12-13-24(43-22)19-9-8-10-20(15-19)32(33,34)35/h8-17,28H,6-7H2,1-5H3/b26-17+/t28-/m1/s1. The summed E-state index contributed by atoms with van der Waals surface area (Å²) in [5, 5.41) is 0. The fraction of sp³-hybridized carbons (Fsp3) is 0.281. The van der Waals surface area contributed by atoms with Gasteiger partial charge in [-0.2, -0.15) is 13.2 Å². The third-order valence-electron chi connectivity index (χ3n) is 7.41. The van der Waals surface area contributed by atoms with Crippen molar-refractivity contribution in [1.29, 1.82) is 0 Å². The zero-order valence-corrected chi connectivity index (χ0v) is 25.5. The van der Waals surface area contributed by atoms with E-state index in [-0.39, 0.29) is 27.5 Å². The number of allylic oxidation sites excluding steroid dienone is 1. The number of rotatable bonds is 8. The lowest BCUT2D eigenvalue weighted by atomic mass is 9.93. The second kappa shape index (κ2) is 12.2. The second-order valence-electron chi connectivity index (χ2n) is 9.95. The minimum atomic E-state index is -4.49. The average molecular weight is 626 g/mol. The smallest absolute Gasteiger partial charge is 0.416 e. The zero-order valence-electron chi connectivity index (χ0n) is 24.7.